The lowest BCUT2D eigenvalue weighted by molar-refractivity contribution is 0.629. The quantitative estimate of drug-likeness (QED) is 0.347. The van der Waals surface area contributed by atoms with Gasteiger partial charge in [-0.3, -0.25) is 4.99 Å². The number of aromatic amines is 1. The summed E-state index contributed by atoms with van der Waals surface area (Å²) in [5.74, 6) is 0.586. The van der Waals surface area contributed by atoms with Gasteiger partial charge in [-0.1, -0.05) is 0 Å². The SMILES string of the molecule is CN=C(NCCc1c[nH]c2cc(F)ccc12)NCC(C)(C)SC.I. The number of thioether (sulfide) groups is 1. The van der Waals surface area contributed by atoms with Gasteiger partial charge in [0.25, 0.3) is 0 Å². The van der Waals surface area contributed by atoms with Crippen LogP contribution in [0.1, 0.15) is 19.4 Å². The van der Waals surface area contributed by atoms with Crippen LogP contribution in [0, 0.1) is 5.82 Å². The fourth-order valence-electron chi connectivity index (χ4n) is 2.27. The van der Waals surface area contributed by atoms with Gasteiger partial charge in [0.1, 0.15) is 5.82 Å². The molecular formula is C17H26FIN4S. The smallest absolute Gasteiger partial charge is 0.191 e. The van der Waals surface area contributed by atoms with Crippen molar-refractivity contribution < 1.29 is 4.39 Å². The number of halogens is 2. The van der Waals surface area contributed by atoms with Gasteiger partial charge in [-0.05, 0) is 50.3 Å². The average Bonchev–Trinajstić information content (AvgIpc) is 2.92. The van der Waals surface area contributed by atoms with E-state index < -0.39 is 0 Å². The van der Waals surface area contributed by atoms with Gasteiger partial charge in [0, 0.05) is 42.0 Å². The monoisotopic (exact) mass is 464 g/mol. The van der Waals surface area contributed by atoms with Crippen LogP contribution in [0.3, 0.4) is 0 Å². The summed E-state index contributed by atoms with van der Waals surface area (Å²) in [7, 11) is 1.77. The Morgan fingerprint density at radius 1 is 1.33 bits per heavy atom. The van der Waals surface area contributed by atoms with Crippen molar-refractivity contribution in [2.45, 2.75) is 25.0 Å². The summed E-state index contributed by atoms with van der Waals surface area (Å²) in [4.78, 5) is 7.36. The molecule has 0 fully saturated rings. The number of H-pyrrole nitrogens is 1. The first-order valence-electron chi connectivity index (χ1n) is 7.70. The van der Waals surface area contributed by atoms with Crippen molar-refractivity contribution in [2.75, 3.05) is 26.4 Å². The maximum atomic E-state index is 13.2. The Kier molecular flexibility index (Phi) is 8.35. The second-order valence-electron chi connectivity index (χ2n) is 6.07. The molecule has 0 unspecified atom stereocenters. The van der Waals surface area contributed by atoms with Crippen molar-refractivity contribution in [3.63, 3.8) is 0 Å². The number of nitrogens with one attached hydrogen (secondary N) is 3. The van der Waals surface area contributed by atoms with Gasteiger partial charge >= 0.3 is 0 Å². The maximum absolute atomic E-state index is 13.2. The third-order valence-corrected chi connectivity index (χ3v) is 5.12. The van der Waals surface area contributed by atoms with Crippen LogP contribution in [-0.4, -0.2) is 42.1 Å². The van der Waals surface area contributed by atoms with Gasteiger partial charge < -0.3 is 15.6 Å². The van der Waals surface area contributed by atoms with Crippen molar-refractivity contribution in [2.24, 2.45) is 4.99 Å². The zero-order valence-electron chi connectivity index (χ0n) is 14.6. The van der Waals surface area contributed by atoms with Gasteiger partial charge in [-0.15, -0.1) is 24.0 Å². The van der Waals surface area contributed by atoms with Gasteiger partial charge in [0.2, 0.25) is 0 Å². The molecule has 24 heavy (non-hydrogen) atoms. The zero-order chi connectivity index (χ0) is 16.9. The second kappa shape index (κ2) is 9.50. The molecule has 0 saturated heterocycles. The van der Waals surface area contributed by atoms with Crippen molar-refractivity contribution in [1.82, 2.24) is 15.6 Å². The lowest BCUT2D eigenvalue weighted by Crippen LogP contribution is -2.43. The van der Waals surface area contributed by atoms with E-state index in [1.165, 1.54) is 17.7 Å². The summed E-state index contributed by atoms with van der Waals surface area (Å²) in [5, 5.41) is 7.74. The standard InChI is InChI=1S/C17H25FN4S.HI/c1-17(2,23-4)11-22-16(19-3)20-8-7-12-10-21-15-9-13(18)5-6-14(12)15;/h5-6,9-10,21H,7-8,11H2,1-4H3,(H2,19,20,22);1H. The highest BCUT2D eigenvalue weighted by atomic mass is 127. The summed E-state index contributed by atoms with van der Waals surface area (Å²) in [6.45, 7) is 6.01. The van der Waals surface area contributed by atoms with Gasteiger partial charge in [-0.25, -0.2) is 4.39 Å². The molecule has 1 aromatic carbocycles. The minimum absolute atomic E-state index is 0. The first kappa shape index (κ1) is 21.1. The number of hydrogen-bond donors (Lipinski definition) is 3. The summed E-state index contributed by atoms with van der Waals surface area (Å²) >= 11 is 1.82. The summed E-state index contributed by atoms with van der Waals surface area (Å²) in [6.07, 6.45) is 4.90. The fourth-order valence-corrected chi connectivity index (χ4v) is 2.49. The van der Waals surface area contributed by atoms with E-state index in [9.17, 15) is 4.39 Å². The fraction of sp³-hybridized carbons (Fsp3) is 0.471. The molecule has 134 valence electrons. The molecule has 1 heterocycles. The molecule has 1 aromatic heterocycles. The molecule has 0 amide bonds. The molecule has 0 bridgehead atoms. The van der Waals surface area contributed by atoms with Crippen molar-refractivity contribution in [1.29, 1.82) is 0 Å². The topological polar surface area (TPSA) is 52.2 Å². The molecule has 0 radical (unpaired) electrons. The Labute approximate surface area is 164 Å². The summed E-state index contributed by atoms with van der Waals surface area (Å²) in [6, 6.07) is 4.85. The van der Waals surface area contributed by atoms with Crippen molar-refractivity contribution in [3.05, 3.63) is 35.8 Å². The molecule has 0 aliphatic heterocycles. The largest absolute Gasteiger partial charge is 0.361 e. The highest BCUT2D eigenvalue weighted by Gasteiger charge is 2.16. The predicted octanol–water partition coefficient (Wildman–Crippen LogP) is 3.77. The molecule has 3 N–H and O–H groups in total. The molecule has 0 saturated carbocycles. The van der Waals surface area contributed by atoms with Crippen LogP contribution in [0.2, 0.25) is 0 Å². The zero-order valence-corrected chi connectivity index (χ0v) is 17.7. The van der Waals surface area contributed by atoms with E-state index in [4.69, 9.17) is 0 Å². The normalized spacial score (nSPS) is 12.1. The molecule has 2 rings (SSSR count). The first-order valence-corrected chi connectivity index (χ1v) is 8.93. The molecule has 0 aliphatic rings. The van der Waals surface area contributed by atoms with Crippen molar-refractivity contribution in [3.8, 4) is 0 Å². The van der Waals surface area contributed by atoms with E-state index >= 15 is 0 Å². The number of aromatic nitrogens is 1. The summed E-state index contributed by atoms with van der Waals surface area (Å²) in [5.41, 5.74) is 2.01. The van der Waals surface area contributed by atoms with Gasteiger partial charge in [0.05, 0.1) is 0 Å². The highest BCUT2D eigenvalue weighted by Crippen LogP contribution is 2.20. The Morgan fingerprint density at radius 2 is 2.08 bits per heavy atom. The number of benzene rings is 1. The Hall–Kier alpha value is -0.960. The van der Waals surface area contributed by atoms with Crippen LogP contribution < -0.4 is 10.6 Å². The Bertz CT molecular complexity index is 684. The predicted molar refractivity (Wildman–Crippen MR) is 114 cm³/mol. The van der Waals surface area contributed by atoms with E-state index in [0.29, 0.717) is 0 Å². The van der Waals surface area contributed by atoms with E-state index in [0.717, 1.165) is 36.4 Å². The molecule has 4 nitrogen and oxygen atoms in total. The molecule has 7 heteroatoms. The van der Waals surface area contributed by atoms with Crippen LogP contribution in [0.4, 0.5) is 4.39 Å². The van der Waals surface area contributed by atoms with Gasteiger partial charge in [-0.2, -0.15) is 11.8 Å². The van der Waals surface area contributed by atoms with Crippen LogP contribution >= 0.6 is 35.7 Å². The number of hydrogen-bond acceptors (Lipinski definition) is 2. The van der Waals surface area contributed by atoms with Crippen molar-refractivity contribution >= 4 is 52.6 Å². The van der Waals surface area contributed by atoms with E-state index in [2.05, 4.69) is 40.7 Å². The summed E-state index contributed by atoms with van der Waals surface area (Å²) < 4.78 is 13.4. The lowest BCUT2D eigenvalue weighted by atomic mass is 10.1. The number of guanidine groups is 1. The van der Waals surface area contributed by atoms with Crippen LogP contribution in [0.25, 0.3) is 10.9 Å². The molecule has 2 aromatic rings. The Morgan fingerprint density at radius 3 is 2.75 bits per heavy atom. The van der Waals surface area contributed by atoms with E-state index in [1.807, 2.05) is 24.0 Å². The maximum Gasteiger partial charge on any atom is 0.191 e. The lowest BCUT2D eigenvalue weighted by Gasteiger charge is -2.23. The average molecular weight is 464 g/mol. The van der Waals surface area contributed by atoms with E-state index in [-0.39, 0.29) is 34.5 Å². The molecule has 0 spiro atoms. The number of nitrogens with zero attached hydrogens (tertiary/aromatic N) is 1. The third kappa shape index (κ3) is 5.84. The number of fused-ring (bicyclic) bond motifs is 1. The minimum atomic E-state index is -0.218. The molecular weight excluding hydrogens is 438 g/mol. The first-order chi connectivity index (χ1) is 10.9. The van der Waals surface area contributed by atoms with E-state index in [1.54, 1.807) is 7.05 Å². The third-order valence-electron chi connectivity index (χ3n) is 3.87. The van der Waals surface area contributed by atoms with Gasteiger partial charge in [0.15, 0.2) is 5.96 Å². The Balaban J connectivity index is 0.00000288. The van der Waals surface area contributed by atoms with Crippen LogP contribution in [-0.2, 0) is 6.42 Å². The van der Waals surface area contributed by atoms with Crippen LogP contribution in [0.5, 0.6) is 0 Å². The number of rotatable bonds is 6. The van der Waals surface area contributed by atoms with Crippen LogP contribution in [0.15, 0.2) is 29.4 Å². The molecule has 0 atom stereocenters. The molecule has 0 aliphatic carbocycles. The second-order valence-corrected chi connectivity index (χ2v) is 7.58. The minimum Gasteiger partial charge on any atom is -0.361 e. The number of aliphatic imine (C=N–C) groups is 1. The highest BCUT2D eigenvalue weighted by molar-refractivity contribution is 14.0.